The maximum Gasteiger partial charge on any atom is 0.358 e. The first-order valence-electron chi connectivity index (χ1n) is 6.95. The number of nitrogens with zero attached hydrogens (tertiary/aromatic N) is 3. The normalized spacial score (nSPS) is 16.8. The van der Waals surface area contributed by atoms with Crippen LogP contribution in [0.3, 0.4) is 0 Å². The smallest absolute Gasteiger partial charge is 0.358 e. The van der Waals surface area contributed by atoms with E-state index in [4.69, 9.17) is 4.74 Å². The van der Waals surface area contributed by atoms with Crippen LogP contribution in [0.1, 0.15) is 39.9 Å². The van der Waals surface area contributed by atoms with E-state index in [-0.39, 0.29) is 11.5 Å². The summed E-state index contributed by atoms with van der Waals surface area (Å²) in [6.07, 6.45) is 2.10. The van der Waals surface area contributed by atoms with Crippen molar-refractivity contribution >= 4 is 28.2 Å². The molecule has 0 unspecified atom stereocenters. The summed E-state index contributed by atoms with van der Waals surface area (Å²) in [5.41, 5.74) is 0.129. The number of hydrogen-bond acceptors (Lipinski definition) is 7. The van der Waals surface area contributed by atoms with Crippen molar-refractivity contribution in [3.8, 4) is 0 Å². The highest BCUT2D eigenvalue weighted by Crippen LogP contribution is 2.30. The van der Waals surface area contributed by atoms with Gasteiger partial charge in [-0.3, -0.25) is 4.79 Å². The number of carbonyl (C=O) groups excluding carboxylic acids is 2. The SMILES string of the molecule is COC(=O)c1nc(N(C)C2CCN(C)CC2)sc1C(C)=O. The number of ketones is 1. The van der Waals surface area contributed by atoms with Gasteiger partial charge >= 0.3 is 5.97 Å². The quantitative estimate of drug-likeness (QED) is 0.622. The Morgan fingerprint density at radius 1 is 1.38 bits per heavy atom. The molecular formula is C14H21N3O3S. The van der Waals surface area contributed by atoms with Gasteiger partial charge in [0.1, 0.15) is 4.88 Å². The molecule has 1 fully saturated rings. The van der Waals surface area contributed by atoms with E-state index >= 15 is 0 Å². The third-order valence-electron chi connectivity index (χ3n) is 3.85. The molecule has 0 radical (unpaired) electrons. The molecule has 0 amide bonds. The number of Topliss-reactive ketones (excluding diaryl/α,β-unsaturated/α-hetero) is 1. The number of ether oxygens (including phenoxy) is 1. The van der Waals surface area contributed by atoms with Crippen molar-refractivity contribution in [1.29, 1.82) is 0 Å². The molecule has 0 aliphatic carbocycles. The Morgan fingerprint density at radius 3 is 2.52 bits per heavy atom. The number of esters is 1. The van der Waals surface area contributed by atoms with Crippen molar-refractivity contribution in [1.82, 2.24) is 9.88 Å². The molecule has 0 bridgehead atoms. The van der Waals surface area contributed by atoms with E-state index in [9.17, 15) is 9.59 Å². The predicted octanol–water partition coefficient (Wildman–Crippen LogP) is 1.66. The number of rotatable bonds is 4. The van der Waals surface area contributed by atoms with Gasteiger partial charge in [0, 0.05) is 20.0 Å². The maximum atomic E-state index is 11.7. The summed E-state index contributed by atoms with van der Waals surface area (Å²) >= 11 is 1.26. The van der Waals surface area contributed by atoms with Gasteiger partial charge in [0.05, 0.1) is 7.11 Å². The lowest BCUT2D eigenvalue weighted by Crippen LogP contribution is -2.42. The topological polar surface area (TPSA) is 62.7 Å². The number of hydrogen-bond donors (Lipinski definition) is 0. The maximum absolute atomic E-state index is 11.7. The van der Waals surface area contributed by atoms with Crippen molar-refractivity contribution in [3.05, 3.63) is 10.6 Å². The summed E-state index contributed by atoms with van der Waals surface area (Å²) in [6, 6.07) is 0.387. The Morgan fingerprint density at radius 2 is 2.00 bits per heavy atom. The van der Waals surface area contributed by atoms with Crippen molar-refractivity contribution in [2.24, 2.45) is 0 Å². The van der Waals surface area contributed by atoms with Gasteiger partial charge in [0.2, 0.25) is 0 Å². The Hall–Kier alpha value is -1.47. The standard InChI is InChI=1S/C14H21N3O3S/c1-9(18)12-11(13(19)20-4)15-14(21-12)17(3)10-5-7-16(2)8-6-10/h10H,5-8H2,1-4H3. The number of methoxy groups -OCH3 is 1. The van der Waals surface area contributed by atoms with Gasteiger partial charge < -0.3 is 14.5 Å². The molecule has 0 atom stereocenters. The molecule has 2 heterocycles. The van der Waals surface area contributed by atoms with Crippen LogP contribution in [-0.2, 0) is 4.74 Å². The number of anilines is 1. The van der Waals surface area contributed by atoms with Crippen molar-refractivity contribution in [2.45, 2.75) is 25.8 Å². The van der Waals surface area contributed by atoms with Gasteiger partial charge in [-0.1, -0.05) is 11.3 Å². The minimum Gasteiger partial charge on any atom is -0.464 e. The second-order valence-electron chi connectivity index (χ2n) is 5.37. The molecule has 6 nitrogen and oxygen atoms in total. The fraction of sp³-hybridized carbons (Fsp3) is 0.643. The number of thiazole rings is 1. The predicted molar refractivity (Wildman–Crippen MR) is 82.4 cm³/mol. The minimum atomic E-state index is -0.556. The Labute approximate surface area is 128 Å². The van der Waals surface area contributed by atoms with Gasteiger partial charge in [-0.25, -0.2) is 9.78 Å². The van der Waals surface area contributed by atoms with Crippen LogP contribution in [0.25, 0.3) is 0 Å². The van der Waals surface area contributed by atoms with Crippen LogP contribution >= 0.6 is 11.3 Å². The average Bonchev–Trinajstić information content (AvgIpc) is 2.92. The molecule has 1 aromatic rings. The highest BCUT2D eigenvalue weighted by Gasteiger charge is 2.27. The molecule has 21 heavy (non-hydrogen) atoms. The zero-order chi connectivity index (χ0) is 15.6. The first-order valence-corrected chi connectivity index (χ1v) is 7.77. The largest absolute Gasteiger partial charge is 0.464 e. The van der Waals surface area contributed by atoms with Crippen molar-refractivity contribution in [2.75, 3.05) is 39.2 Å². The third-order valence-corrected chi connectivity index (χ3v) is 5.10. The van der Waals surface area contributed by atoms with E-state index in [1.807, 2.05) is 7.05 Å². The van der Waals surface area contributed by atoms with Crippen LogP contribution in [0.2, 0.25) is 0 Å². The van der Waals surface area contributed by atoms with Gasteiger partial charge in [-0.05, 0) is 33.0 Å². The van der Waals surface area contributed by atoms with Gasteiger partial charge in [0.25, 0.3) is 0 Å². The highest BCUT2D eigenvalue weighted by atomic mass is 32.1. The molecule has 1 aliphatic rings. The Kier molecular flexibility index (Phi) is 4.95. The number of aromatic nitrogens is 1. The molecule has 0 saturated carbocycles. The minimum absolute atomic E-state index is 0.129. The summed E-state index contributed by atoms with van der Waals surface area (Å²) < 4.78 is 4.71. The number of carbonyl (C=O) groups is 2. The fourth-order valence-corrected chi connectivity index (χ4v) is 3.45. The van der Waals surface area contributed by atoms with Crippen LogP contribution in [-0.4, -0.2) is 62.0 Å². The highest BCUT2D eigenvalue weighted by molar-refractivity contribution is 7.17. The molecule has 1 aromatic heterocycles. The van der Waals surface area contributed by atoms with Gasteiger partial charge in [0.15, 0.2) is 16.6 Å². The molecule has 7 heteroatoms. The molecule has 1 aliphatic heterocycles. The summed E-state index contributed by atoms with van der Waals surface area (Å²) in [4.78, 5) is 32.5. The van der Waals surface area contributed by atoms with Gasteiger partial charge in [-0.2, -0.15) is 0 Å². The van der Waals surface area contributed by atoms with Crippen LogP contribution < -0.4 is 4.90 Å². The van der Waals surface area contributed by atoms with Crippen LogP contribution in [0.4, 0.5) is 5.13 Å². The lowest BCUT2D eigenvalue weighted by molar-refractivity contribution is 0.0591. The zero-order valence-electron chi connectivity index (χ0n) is 12.9. The molecular weight excluding hydrogens is 290 g/mol. The summed E-state index contributed by atoms with van der Waals surface area (Å²) in [6.45, 7) is 3.53. The zero-order valence-corrected chi connectivity index (χ0v) is 13.7. The van der Waals surface area contributed by atoms with Gasteiger partial charge in [-0.15, -0.1) is 0 Å². The number of piperidine rings is 1. The second kappa shape index (κ2) is 6.53. The van der Waals surface area contributed by atoms with E-state index < -0.39 is 5.97 Å². The molecule has 2 rings (SSSR count). The number of likely N-dealkylation sites (tertiary alicyclic amines) is 1. The summed E-state index contributed by atoms with van der Waals surface area (Å²) in [5, 5.41) is 0.704. The molecule has 0 aromatic carbocycles. The van der Waals surface area contributed by atoms with Crippen LogP contribution in [0.15, 0.2) is 0 Å². The molecule has 1 saturated heterocycles. The average molecular weight is 311 g/mol. The molecule has 0 N–H and O–H groups in total. The molecule has 116 valence electrons. The monoisotopic (exact) mass is 311 g/mol. The summed E-state index contributed by atoms with van der Waals surface area (Å²) in [7, 11) is 5.38. The Balaban J connectivity index is 2.23. The van der Waals surface area contributed by atoms with E-state index in [0.29, 0.717) is 16.1 Å². The third kappa shape index (κ3) is 3.41. The second-order valence-corrected chi connectivity index (χ2v) is 6.34. The summed E-state index contributed by atoms with van der Waals surface area (Å²) in [5.74, 6) is -0.713. The van der Waals surface area contributed by atoms with Crippen molar-refractivity contribution in [3.63, 3.8) is 0 Å². The first kappa shape index (κ1) is 15.9. The lowest BCUT2D eigenvalue weighted by atomic mass is 10.0. The first-order chi connectivity index (χ1) is 9.93. The van der Waals surface area contributed by atoms with E-state index in [1.165, 1.54) is 25.4 Å². The van der Waals surface area contributed by atoms with E-state index in [2.05, 4.69) is 21.8 Å². The van der Waals surface area contributed by atoms with Crippen molar-refractivity contribution < 1.29 is 14.3 Å². The van der Waals surface area contributed by atoms with Crippen LogP contribution in [0.5, 0.6) is 0 Å². The Bertz CT molecular complexity index is 536. The lowest BCUT2D eigenvalue weighted by Gasteiger charge is -2.34. The van der Waals surface area contributed by atoms with E-state index in [0.717, 1.165) is 25.9 Å². The van der Waals surface area contributed by atoms with Crippen LogP contribution in [0, 0.1) is 0 Å². The fourth-order valence-electron chi connectivity index (χ4n) is 2.47. The van der Waals surface area contributed by atoms with E-state index in [1.54, 1.807) is 0 Å². The molecule has 0 spiro atoms.